The average Bonchev–Trinajstić information content (AvgIpc) is 2.92. The Morgan fingerprint density at radius 3 is 1.84 bits per heavy atom. The number of aliphatic carboxylic acids is 2. The van der Waals surface area contributed by atoms with Crippen LogP contribution in [-0.2, 0) is 33.6 Å². The molecule has 0 aliphatic carbocycles. The van der Waals surface area contributed by atoms with Crippen LogP contribution in [0.4, 0.5) is 0 Å². The molecular formula is C24H41N7O11S. The van der Waals surface area contributed by atoms with Crippen molar-refractivity contribution < 1.29 is 54.0 Å². The van der Waals surface area contributed by atoms with Crippen molar-refractivity contribution >= 4 is 54.1 Å². The second-order valence-corrected chi connectivity index (χ2v) is 10.6. The summed E-state index contributed by atoms with van der Waals surface area (Å²) in [7, 11) is 0. The van der Waals surface area contributed by atoms with Crippen LogP contribution in [-0.4, -0.2) is 123 Å². The third kappa shape index (κ3) is 13.5. The number of aliphatic hydroxyl groups is 2. The minimum absolute atomic E-state index is 0.0897. The molecule has 0 radical (unpaired) electrons. The van der Waals surface area contributed by atoms with E-state index in [1.54, 1.807) is 13.8 Å². The van der Waals surface area contributed by atoms with Gasteiger partial charge in [0.1, 0.15) is 30.6 Å². The Morgan fingerprint density at radius 2 is 1.30 bits per heavy atom. The molecule has 5 amide bonds. The van der Waals surface area contributed by atoms with E-state index in [9.17, 15) is 48.9 Å². The molecule has 244 valence electrons. The van der Waals surface area contributed by atoms with Crippen molar-refractivity contribution in [2.24, 2.45) is 5.92 Å². The van der Waals surface area contributed by atoms with Gasteiger partial charge in [-0.3, -0.25) is 44.2 Å². The Balaban J connectivity index is 3.38. The molecule has 19 heteroatoms. The number of β-amino-alcohol motifs (C(OH)–C–C–N with tert-alkyl or cyclic N) is 2. The third-order valence-electron chi connectivity index (χ3n) is 6.21. The van der Waals surface area contributed by atoms with E-state index >= 15 is 0 Å². The summed E-state index contributed by atoms with van der Waals surface area (Å²) in [5.41, 5.74) is 0. The highest BCUT2D eigenvalue weighted by Crippen LogP contribution is 2.06. The van der Waals surface area contributed by atoms with Gasteiger partial charge in [0.2, 0.25) is 29.5 Å². The number of thiol groups is 1. The molecule has 1 rings (SSSR count). The molecule has 1 aliphatic rings. The first-order chi connectivity index (χ1) is 20.0. The summed E-state index contributed by atoms with van der Waals surface area (Å²) in [6, 6.07) is -6.75. The van der Waals surface area contributed by atoms with Crippen molar-refractivity contribution in [2.75, 3.05) is 18.8 Å². The van der Waals surface area contributed by atoms with Gasteiger partial charge in [0.05, 0.1) is 31.6 Å². The molecule has 1 heterocycles. The molecule has 0 spiro atoms. The normalized spacial score (nSPS) is 29.3. The van der Waals surface area contributed by atoms with Crippen LogP contribution in [0.3, 0.4) is 0 Å². The molecule has 0 aromatic carbocycles. The smallest absolute Gasteiger partial charge is 0.305 e. The molecule has 0 bridgehead atoms. The zero-order valence-corrected chi connectivity index (χ0v) is 24.8. The van der Waals surface area contributed by atoms with Crippen LogP contribution >= 0.6 is 12.6 Å². The molecule has 1 saturated heterocycles. The number of carbonyl (C=O) groups excluding carboxylic acids is 5. The van der Waals surface area contributed by atoms with Crippen molar-refractivity contribution in [3.05, 3.63) is 0 Å². The Labute approximate surface area is 252 Å². The fraction of sp³-hybridized carbons (Fsp3) is 0.708. The maximum Gasteiger partial charge on any atom is 0.305 e. The zero-order valence-electron chi connectivity index (χ0n) is 24.0. The van der Waals surface area contributed by atoms with Crippen LogP contribution in [0.1, 0.15) is 40.0 Å². The van der Waals surface area contributed by atoms with E-state index in [4.69, 9.17) is 5.11 Å². The van der Waals surface area contributed by atoms with E-state index in [0.29, 0.717) is 0 Å². The zero-order chi connectivity index (χ0) is 32.9. The summed E-state index contributed by atoms with van der Waals surface area (Å²) in [6.07, 6.45) is -4.84. The van der Waals surface area contributed by atoms with Crippen molar-refractivity contribution in [2.45, 2.75) is 82.7 Å². The summed E-state index contributed by atoms with van der Waals surface area (Å²) >= 11 is 4.07. The second-order valence-electron chi connectivity index (χ2n) is 10.2. The number of carbonyl (C=O) groups is 7. The van der Waals surface area contributed by atoms with Crippen molar-refractivity contribution in [1.82, 2.24) is 37.2 Å². The number of aliphatic hydroxyl groups excluding tert-OH is 2. The summed E-state index contributed by atoms with van der Waals surface area (Å²) in [6.45, 7) is 3.67. The van der Waals surface area contributed by atoms with Gasteiger partial charge in [-0.15, -0.1) is 0 Å². The maximum absolute atomic E-state index is 13.1. The molecular weight excluding hydrogens is 594 g/mol. The summed E-state index contributed by atoms with van der Waals surface area (Å²) in [5, 5.41) is 55.8. The Bertz CT molecular complexity index is 1030. The second kappa shape index (κ2) is 18.2. The van der Waals surface area contributed by atoms with Crippen LogP contribution in [0.15, 0.2) is 0 Å². The van der Waals surface area contributed by atoms with Gasteiger partial charge in [-0.1, -0.05) is 13.8 Å². The van der Waals surface area contributed by atoms with Crippen LogP contribution in [0.5, 0.6) is 0 Å². The van der Waals surface area contributed by atoms with Gasteiger partial charge in [0.15, 0.2) is 0 Å². The molecule has 0 aromatic rings. The monoisotopic (exact) mass is 635 g/mol. The highest BCUT2D eigenvalue weighted by Gasteiger charge is 2.33. The maximum atomic E-state index is 13.1. The van der Waals surface area contributed by atoms with Crippen LogP contribution in [0, 0.1) is 5.92 Å². The standard InChI is InChI=1S/C24H41N7O11S/c1-10(2)19-24(42)26-8-16(33)28-14(9-43)21(39)25-7-15(32)27-11(3)20(38)29-12(4-5-17(34)35)22(40)30-13(6-18(36)37)23(41)31-19/h10-16,19,27-28,32-33,43H,4-9H2,1-3H3,(H,25,39)(H,26,42)(H,29,38)(H,30,40)(H,31,41)(H,34,35)(H,36,37)/t11-,12-,13-,14-,15?,16?,19-/m0/s1. The van der Waals surface area contributed by atoms with Crippen LogP contribution in [0.2, 0.25) is 0 Å². The minimum atomic E-state index is -1.73. The van der Waals surface area contributed by atoms with E-state index in [-0.39, 0.29) is 12.3 Å². The first-order valence-corrected chi connectivity index (χ1v) is 14.1. The van der Waals surface area contributed by atoms with Gasteiger partial charge in [0.25, 0.3) is 0 Å². The van der Waals surface area contributed by atoms with E-state index < -0.39 is 116 Å². The highest BCUT2D eigenvalue weighted by molar-refractivity contribution is 7.80. The number of rotatable bonds is 7. The van der Waals surface area contributed by atoms with Crippen molar-refractivity contribution in [3.63, 3.8) is 0 Å². The molecule has 0 aromatic heterocycles. The quantitative estimate of drug-likeness (QED) is 0.117. The number of nitrogens with one attached hydrogen (secondary N) is 7. The van der Waals surface area contributed by atoms with Gasteiger partial charge in [0, 0.05) is 12.2 Å². The van der Waals surface area contributed by atoms with Crippen molar-refractivity contribution in [3.8, 4) is 0 Å². The molecule has 0 saturated carbocycles. The van der Waals surface area contributed by atoms with Crippen LogP contribution in [0.25, 0.3) is 0 Å². The van der Waals surface area contributed by atoms with Gasteiger partial charge in [-0.2, -0.15) is 12.6 Å². The SMILES string of the molecule is CC(C)[C@@H]1NC(=O)[C@H](CC(=O)O)NC(=O)[C@H](CCC(=O)O)NC(=O)[C@H](C)NC(O)CNC(=O)[C@H](CS)NC(O)CNC1=O. The summed E-state index contributed by atoms with van der Waals surface area (Å²) in [4.78, 5) is 87.0. The largest absolute Gasteiger partial charge is 0.481 e. The van der Waals surface area contributed by atoms with Gasteiger partial charge >= 0.3 is 11.9 Å². The molecule has 7 atom stereocenters. The Kier molecular flexibility index (Phi) is 15.9. The molecule has 2 unspecified atom stereocenters. The Morgan fingerprint density at radius 1 is 0.767 bits per heavy atom. The van der Waals surface area contributed by atoms with Crippen LogP contribution < -0.4 is 37.2 Å². The molecule has 1 aliphatic heterocycles. The lowest BCUT2D eigenvalue weighted by Crippen LogP contribution is -2.59. The Hall–Kier alpha value is -3.52. The summed E-state index contributed by atoms with van der Waals surface area (Å²) < 4.78 is 0. The number of hydrogen-bond donors (Lipinski definition) is 12. The lowest BCUT2D eigenvalue weighted by Gasteiger charge is -2.27. The van der Waals surface area contributed by atoms with E-state index in [0.717, 1.165) is 0 Å². The van der Waals surface area contributed by atoms with E-state index in [1.165, 1.54) is 6.92 Å². The predicted octanol–water partition coefficient (Wildman–Crippen LogP) is -4.81. The van der Waals surface area contributed by atoms with Gasteiger partial charge in [-0.25, -0.2) is 0 Å². The van der Waals surface area contributed by atoms with Gasteiger partial charge < -0.3 is 47.0 Å². The fourth-order valence-electron chi connectivity index (χ4n) is 3.83. The van der Waals surface area contributed by atoms with E-state index in [2.05, 4.69) is 49.8 Å². The predicted molar refractivity (Wildman–Crippen MR) is 151 cm³/mol. The first-order valence-electron chi connectivity index (χ1n) is 13.4. The fourth-order valence-corrected chi connectivity index (χ4v) is 4.10. The highest BCUT2D eigenvalue weighted by atomic mass is 32.1. The lowest BCUT2D eigenvalue weighted by molar-refractivity contribution is -0.141. The number of carboxylic acid groups (broad SMARTS) is 2. The van der Waals surface area contributed by atoms with Crippen molar-refractivity contribution in [1.29, 1.82) is 0 Å². The molecule has 1 fully saturated rings. The molecule has 43 heavy (non-hydrogen) atoms. The van der Waals surface area contributed by atoms with E-state index in [1.807, 2.05) is 0 Å². The minimum Gasteiger partial charge on any atom is -0.481 e. The first kappa shape index (κ1) is 37.5. The topological polar surface area (TPSA) is 285 Å². The third-order valence-corrected chi connectivity index (χ3v) is 6.57. The average molecular weight is 636 g/mol. The lowest BCUT2D eigenvalue weighted by atomic mass is 10.0. The number of hydrogen-bond acceptors (Lipinski definition) is 12. The number of carboxylic acids is 2. The summed E-state index contributed by atoms with van der Waals surface area (Å²) in [5.74, 6) is -7.85. The molecule has 11 N–H and O–H groups in total. The molecule has 18 nitrogen and oxygen atoms in total. The number of amides is 5. The van der Waals surface area contributed by atoms with Gasteiger partial charge in [-0.05, 0) is 19.3 Å².